The Morgan fingerprint density at radius 3 is 2.70 bits per heavy atom. The van der Waals surface area contributed by atoms with Crippen LogP contribution in [0.4, 0.5) is 4.39 Å². The standard InChI is InChI=1S/C15H15FN2O2/c1-10-8-11(6-7-17-10)9-18-15(20)14(19)12-2-4-13(16)5-3-12/h2-8,14,19H,9H2,1H3,(H,18,20)/t14-/m0/s1. The molecule has 4 nitrogen and oxygen atoms in total. The van der Waals surface area contributed by atoms with Crippen molar-refractivity contribution in [2.24, 2.45) is 0 Å². The summed E-state index contributed by atoms with van der Waals surface area (Å²) < 4.78 is 12.8. The molecule has 1 aromatic heterocycles. The molecule has 1 aromatic carbocycles. The summed E-state index contributed by atoms with van der Waals surface area (Å²) in [6, 6.07) is 8.82. The molecule has 2 aromatic rings. The monoisotopic (exact) mass is 274 g/mol. The van der Waals surface area contributed by atoms with Crippen molar-refractivity contribution in [3.05, 3.63) is 65.2 Å². The summed E-state index contributed by atoms with van der Waals surface area (Å²) in [7, 11) is 0. The topological polar surface area (TPSA) is 62.2 Å². The van der Waals surface area contributed by atoms with Gasteiger partial charge in [0.2, 0.25) is 0 Å². The van der Waals surface area contributed by atoms with E-state index in [-0.39, 0.29) is 0 Å². The zero-order valence-corrected chi connectivity index (χ0v) is 11.0. The van der Waals surface area contributed by atoms with Gasteiger partial charge in [0.1, 0.15) is 5.82 Å². The molecule has 2 rings (SSSR count). The Bertz CT molecular complexity index is 599. The maximum Gasteiger partial charge on any atom is 0.253 e. The number of aryl methyl sites for hydroxylation is 1. The highest BCUT2D eigenvalue weighted by atomic mass is 19.1. The van der Waals surface area contributed by atoms with Gasteiger partial charge in [0.25, 0.3) is 5.91 Å². The van der Waals surface area contributed by atoms with Gasteiger partial charge in [-0.05, 0) is 42.3 Å². The summed E-state index contributed by atoms with van der Waals surface area (Å²) in [4.78, 5) is 15.9. The van der Waals surface area contributed by atoms with Crippen LogP contribution in [0.3, 0.4) is 0 Å². The molecule has 0 bridgehead atoms. The third kappa shape index (κ3) is 3.61. The summed E-state index contributed by atoms with van der Waals surface area (Å²) in [5.74, 6) is -0.931. The van der Waals surface area contributed by atoms with E-state index >= 15 is 0 Å². The van der Waals surface area contributed by atoms with Crippen molar-refractivity contribution in [3.8, 4) is 0 Å². The van der Waals surface area contributed by atoms with Crippen LogP contribution in [0.25, 0.3) is 0 Å². The number of hydrogen-bond donors (Lipinski definition) is 2. The summed E-state index contributed by atoms with van der Waals surface area (Å²) >= 11 is 0. The Morgan fingerprint density at radius 1 is 1.35 bits per heavy atom. The number of carbonyl (C=O) groups is 1. The van der Waals surface area contributed by atoms with Crippen molar-refractivity contribution < 1.29 is 14.3 Å². The minimum Gasteiger partial charge on any atom is -0.378 e. The van der Waals surface area contributed by atoms with Crippen LogP contribution in [-0.4, -0.2) is 16.0 Å². The number of benzene rings is 1. The van der Waals surface area contributed by atoms with Crippen LogP contribution in [0.1, 0.15) is 22.9 Å². The van der Waals surface area contributed by atoms with Crippen molar-refractivity contribution in [3.63, 3.8) is 0 Å². The fourth-order valence-electron chi connectivity index (χ4n) is 1.80. The van der Waals surface area contributed by atoms with E-state index < -0.39 is 17.8 Å². The minimum absolute atomic E-state index is 0.306. The van der Waals surface area contributed by atoms with Crippen LogP contribution in [-0.2, 0) is 11.3 Å². The average Bonchev–Trinajstić information content (AvgIpc) is 2.45. The average molecular weight is 274 g/mol. The van der Waals surface area contributed by atoms with E-state index in [2.05, 4.69) is 10.3 Å². The number of rotatable bonds is 4. The van der Waals surface area contributed by atoms with Gasteiger partial charge < -0.3 is 10.4 Å². The van der Waals surface area contributed by atoms with E-state index in [1.54, 1.807) is 12.3 Å². The van der Waals surface area contributed by atoms with Crippen LogP contribution < -0.4 is 5.32 Å². The number of aliphatic hydroxyl groups excluding tert-OH is 1. The van der Waals surface area contributed by atoms with Crippen LogP contribution in [0.2, 0.25) is 0 Å². The predicted molar refractivity (Wildman–Crippen MR) is 72.2 cm³/mol. The van der Waals surface area contributed by atoms with Gasteiger partial charge in [-0.3, -0.25) is 9.78 Å². The second-order valence-electron chi connectivity index (χ2n) is 4.48. The summed E-state index contributed by atoms with van der Waals surface area (Å²) in [5.41, 5.74) is 2.11. The van der Waals surface area contributed by atoms with Crippen LogP contribution in [0.15, 0.2) is 42.6 Å². The van der Waals surface area contributed by atoms with E-state index in [0.29, 0.717) is 12.1 Å². The van der Waals surface area contributed by atoms with E-state index in [0.717, 1.165) is 11.3 Å². The lowest BCUT2D eigenvalue weighted by molar-refractivity contribution is -0.129. The maximum absolute atomic E-state index is 12.8. The van der Waals surface area contributed by atoms with Crippen molar-refractivity contribution in [1.82, 2.24) is 10.3 Å². The molecule has 2 N–H and O–H groups in total. The van der Waals surface area contributed by atoms with Gasteiger partial charge in [-0.15, -0.1) is 0 Å². The molecule has 0 aliphatic heterocycles. The molecule has 0 radical (unpaired) electrons. The van der Waals surface area contributed by atoms with Gasteiger partial charge in [-0.1, -0.05) is 12.1 Å². The van der Waals surface area contributed by atoms with Gasteiger partial charge in [-0.2, -0.15) is 0 Å². The molecule has 0 unspecified atom stereocenters. The summed E-state index contributed by atoms with van der Waals surface area (Å²) in [6.07, 6.45) is 0.353. The SMILES string of the molecule is Cc1cc(CNC(=O)[C@@H](O)c2ccc(F)cc2)ccn1. The zero-order valence-electron chi connectivity index (χ0n) is 11.0. The number of pyridine rings is 1. The number of aromatic nitrogens is 1. The lowest BCUT2D eigenvalue weighted by Gasteiger charge is -2.12. The molecule has 20 heavy (non-hydrogen) atoms. The first-order chi connectivity index (χ1) is 9.56. The molecule has 0 saturated heterocycles. The molecule has 104 valence electrons. The lowest BCUT2D eigenvalue weighted by atomic mass is 10.1. The third-order valence-electron chi connectivity index (χ3n) is 2.86. The second-order valence-corrected chi connectivity index (χ2v) is 4.48. The van der Waals surface area contributed by atoms with Gasteiger partial charge in [0.15, 0.2) is 6.10 Å². The highest BCUT2D eigenvalue weighted by molar-refractivity contribution is 5.81. The van der Waals surface area contributed by atoms with Crippen molar-refractivity contribution >= 4 is 5.91 Å². The second kappa shape index (κ2) is 6.25. The Morgan fingerprint density at radius 2 is 2.05 bits per heavy atom. The Kier molecular flexibility index (Phi) is 4.42. The Balaban J connectivity index is 1.96. The van der Waals surface area contributed by atoms with Crippen LogP contribution in [0, 0.1) is 12.7 Å². The Hall–Kier alpha value is -2.27. The molecule has 0 aliphatic carbocycles. The molecular formula is C15H15FN2O2. The molecule has 0 saturated carbocycles. The zero-order chi connectivity index (χ0) is 14.5. The van der Waals surface area contributed by atoms with Crippen molar-refractivity contribution in [1.29, 1.82) is 0 Å². The fraction of sp³-hybridized carbons (Fsp3) is 0.200. The number of nitrogens with zero attached hydrogens (tertiary/aromatic N) is 1. The maximum atomic E-state index is 12.8. The summed E-state index contributed by atoms with van der Waals surface area (Å²) in [5, 5.41) is 12.5. The summed E-state index contributed by atoms with van der Waals surface area (Å²) in [6.45, 7) is 2.17. The smallest absolute Gasteiger partial charge is 0.253 e. The quantitative estimate of drug-likeness (QED) is 0.894. The fourth-order valence-corrected chi connectivity index (χ4v) is 1.80. The van der Waals surface area contributed by atoms with Crippen LogP contribution >= 0.6 is 0 Å². The molecule has 0 aliphatic rings. The van der Waals surface area contributed by atoms with E-state index in [1.807, 2.05) is 13.0 Å². The molecule has 5 heteroatoms. The number of amides is 1. The van der Waals surface area contributed by atoms with Gasteiger partial charge in [-0.25, -0.2) is 4.39 Å². The molecule has 0 fully saturated rings. The van der Waals surface area contributed by atoms with Gasteiger partial charge in [0.05, 0.1) is 0 Å². The molecule has 0 spiro atoms. The molecule has 1 amide bonds. The molecule has 1 atom stereocenters. The number of aliphatic hydroxyl groups is 1. The van der Waals surface area contributed by atoms with Crippen LogP contribution in [0.5, 0.6) is 0 Å². The highest BCUT2D eigenvalue weighted by Gasteiger charge is 2.16. The molecular weight excluding hydrogens is 259 g/mol. The van der Waals surface area contributed by atoms with E-state index in [4.69, 9.17) is 0 Å². The first kappa shape index (κ1) is 14.1. The first-order valence-corrected chi connectivity index (χ1v) is 6.19. The highest BCUT2D eigenvalue weighted by Crippen LogP contribution is 2.13. The number of hydrogen-bond acceptors (Lipinski definition) is 3. The largest absolute Gasteiger partial charge is 0.378 e. The Labute approximate surface area is 116 Å². The normalized spacial score (nSPS) is 11.9. The third-order valence-corrected chi connectivity index (χ3v) is 2.86. The van der Waals surface area contributed by atoms with E-state index in [1.165, 1.54) is 24.3 Å². The number of halogens is 1. The van der Waals surface area contributed by atoms with E-state index in [9.17, 15) is 14.3 Å². The minimum atomic E-state index is -1.31. The van der Waals surface area contributed by atoms with Gasteiger partial charge in [0, 0.05) is 18.4 Å². The van der Waals surface area contributed by atoms with Crippen molar-refractivity contribution in [2.45, 2.75) is 19.6 Å². The first-order valence-electron chi connectivity index (χ1n) is 6.19. The van der Waals surface area contributed by atoms with Crippen molar-refractivity contribution in [2.75, 3.05) is 0 Å². The number of carbonyl (C=O) groups excluding carboxylic acids is 1. The van der Waals surface area contributed by atoms with Gasteiger partial charge >= 0.3 is 0 Å². The number of nitrogens with one attached hydrogen (secondary N) is 1. The lowest BCUT2D eigenvalue weighted by Crippen LogP contribution is -2.28. The molecule has 1 heterocycles. The predicted octanol–water partition coefficient (Wildman–Crippen LogP) is 1.88.